The topological polar surface area (TPSA) is 77.8 Å². The van der Waals surface area contributed by atoms with Gasteiger partial charge in [-0.15, -0.1) is 0 Å². The standard InChI is InChI=1S/C17H21NO5/c1-6-17(3,16(20)22-5)18-15(19)14-10(2)23-13-8-7-11(21-4)9-12(13)14/h7-9H,6H2,1-5H3,(H,18,19). The molecule has 1 aromatic heterocycles. The average Bonchev–Trinajstić information content (AvgIpc) is 2.88. The number of esters is 1. The second-order valence-corrected chi connectivity index (χ2v) is 5.53. The van der Waals surface area contributed by atoms with Crippen LogP contribution in [0, 0.1) is 6.92 Å². The van der Waals surface area contributed by atoms with Crippen LogP contribution in [0.3, 0.4) is 0 Å². The number of ether oxygens (including phenoxy) is 2. The Hall–Kier alpha value is -2.50. The Labute approximate surface area is 134 Å². The zero-order chi connectivity index (χ0) is 17.2. The Morgan fingerprint density at radius 3 is 2.57 bits per heavy atom. The number of benzene rings is 1. The number of fused-ring (bicyclic) bond motifs is 1. The van der Waals surface area contributed by atoms with Gasteiger partial charge in [-0.1, -0.05) is 6.92 Å². The highest BCUT2D eigenvalue weighted by atomic mass is 16.5. The predicted octanol–water partition coefficient (Wildman–Crippen LogP) is 2.82. The van der Waals surface area contributed by atoms with Crippen molar-refractivity contribution in [2.24, 2.45) is 0 Å². The van der Waals surface area contributed by atoms with E-state index in [1.807, 2.05) is 0 Å². The van der Waals surface area contributed by atoms with E-state index in [9.17, 15) is 9.59 Å². The van der Waals surface area contributed by atoms with Gasteiger partial charge in [-0.25, -0.2) is 4.79 Å². The third kappa shape index (κ3) is 3.02. The van der Waals surface area contributed by atoms with Crippen molar-refractivity contribution in [3.8, 4) is 5.75 Å². The summed E-state index contributed by atoms with van der Waals surface area (Å²) in [7, 11) is 2.85. The summed E-state index contributed by atoms with van der Waals surface area (Å²) in [6.07, 6.45) is 0.406. The third-order valence-corrected chi connectivity index (χ3v) is 4.03. The second-order valence-electron chi connectivity index (χ2n) is 5.53. The number of amides is 1. The molecular weight excluding hydrogens is 298 g/mol. The Morgan fingerprint density at radius 2 is 2.00 bits per heavy atom. The van der Waals surface area contributed by atoms with Crippen molar-refractivity contribution in [1.82, 2.24) is 5.32 Å². The molecule has 0 saturated carbocycles. The summed E-state index contributed by atoms with van der Waals surface area (Å²) in [6, 6.07) is 5.25. The number of aryl methyl sites for hydroxylation is 1. The molecule has 0 fully saturated rings. The maximum Gasteiger partial charge on any atom is 0.331 e. The largest absolute Gasteiger partial charge is 0.497 e. The van der Waals surface area contributed by atoms with E-state index in [0.717, 1.165) is 0 Å². The highest BCUT2D eigenvalue weighted by Gasteiger charge is 2.35. The van der Waals surface area contributed by atoms with E-state index in [0.29, 0.717) is 34.5 Å². The monoisotopic (exact) mass is 319 g/mol. The quantitative estimate of drug-likeness (QED) is 0.857. The first-order valence-electron chi connectivity index (χ1n) is 7.34. The molecule has 1 aromatic carbocycles. The van der Waals surface area contributed by atoms with Gasteiger partial charge < -0.3 is 19.2 Å². The summed E-state index contributed by atoms with van der Waals surface area (Å²) in [5, 5.41) is 3.39. The van der Waals surface area contributed by atoms with Gasteiger partial charge in [0.2, 0.25) is 0 Å². The normalized spacial score (nSPS) is 13.4. The summed E-state index contributed by atoms with van der Waals surface area (Å²) in [5.41, 5.74) is -0.118. The highest BCUT2D eigenvalue weighted by molar-refractivity contribution is 6.08. The lowest BCUT2D eigenvalue weighted by molar-refractivity contribution is -0.147. The van der Waals surface area contributed by atoms with Crippen molar-refractivity contribution in [2.45, 2.75) is 32.7 Å². The minimum atomic E-state index is -1.10. The number of hydrogen-bond acceptors (Lipinski definition) is 5. The Kier molecular flexibility index (Phi) is 4.63. The maximum atomic E-state index is 12.7. The Bertz CT molecular complexity index is 749. The Balaban J connectivity index is 2.45. The number of methoxy groups -OCH3 is 2. The second kappa shape index (κ2) is 6.32. The third-order valence-electron chi connectivity index (χ3n) is 4.03. The van der Waals surface area contributed by atoms with E-state index in [1.165, 1.54) is 7.11 Å². The van der Waals surface area contributed by atoms with Crippen molar-refractivity contribution in [2.75, 3.05) is 14.2 Å². The van der Waals surface area contributed by atoms with E-state index in [2.05, 4.69) is 5.32 Å². The molecule has 6 nitrogen and oxygen atoms in total. The summed E-state index contributed by atoms with van der Waals surface area (Å²) in [5.74, 6) is 0.230. The number of nitrogens with one attached hydrogen (secondary N) is 1. The lowest BCUT2D eigenvalue weighted by Gasteiger charge is -2.26. The van der Waals surface area contributed by atoms with E-state index >= 15 is 0 Å². The molecule has 0 aliphatic heterocycles. The fourth-order valence-electron chi connectivity index (χ4n) is 2.43. The molecule has 2 aromatic rings. The molecule has 1 heterocycles. The number of carbonyl (C=O) groups excluding carboxylic acids is 2. The Morgan fingerprint density at radius 1 is 1.30 bits per heavy atom. The minimum absolute atomic E-state index is 0.385. The molecule has 0 aliphatic carbocycles. The van der Waals surface area contributed by atoms with Crippen molar-refractivity contribution < 1.29 is 23.5 Å². The molecule has 0 bridgehead atoms. The molecular formula is C17H21NO5. The molecule has 1 N–H and O–H groups in total. The summed E-state index contributed by atoms with van der Waals surface area (Å²) in [4.78, 5) is 24.7. The van der Waals surface area contributed by atoms with Gasteiger partial charge in [-0.05, 0) is 38.5 Å². The molecule has 0 aliphatic rings. The minimum Gasteiger partial charge on any atom is -0.497 e. The van der Waals surface area contributed by atoms with Crippen molar-refractivity contribution in [1.29, 1.82) is 0 Å². The number of furan rings is 1. The molecule has 23 heavy (non-hydrogen) atoms. The summed E-state index contributed by atoms with van der Waals surface area (Å²) < 4.78 is 15.6. The van der Waals surface area contributed by atoms with Gasteiger partial charge in [0.15, 0.2) is 0 Å². The SMILES string of the molecule is CCC(C)(NC(=O)c1c(C)oc2ccc(OC)cc12)C(=O)OC. The first-order valence-corrected chi connectivity index (χ1v) is 7.34. The number of hydrogen-bond donors (Lipinski definition) is 1. The van der Waals surface area contributed by atoms with Crippen molar-refractivity contribution in [3.05, 3.63) is 29.5 Å². The van der Waals surface area contributed by atoms with Crippen LogP contribution in [0.2, 0.25) is 0 Å². The fourth-order valence-corrected chi connectivity index (χ4v) is 2.43. The van der Waals surface area contributed by atoms with E-state index in [4.69, 9.17) is 13.9 Å². The van der Waals surface area contributed by atoms with E-state index in [1.54, 1.807) is 46.1 Å². The lowest BCUT2D eigenvalue weighted by atomic mass is 9.98. The van der Waals surface area contributed by atoms with Gasteiger partial charge >= 0.3 is 5.97 Å². The molecule has 124 valence electrons. The molecule has 1 atom stereocenters. The average molecular weight is 319 g/mol. The van der Waals surface area contributed by atoms with Crippen LogP contribution >= 0.6 is 0 Å². The van der Waals surface area contributed by atoms with Crippen LogP contribution in [0.15, 0.2) is 22.6 Å². The number of rotatable bonds is 5. The van der Waals surface area contributed by atoms with Crippen LogP contribution in [0.4, 0.5) is 0 Å². The van der Waals surface area contributed by atoms with Crippen molar-refractivity contribution in [3.63, 3.8) is 0 Å². The van der Waals surface area contributed by atoms with Crippen LogP contribution in [0.5, 0.6) is 5.75 Å². The first kappa shape index (κ1) is 16.9. The predicted molar refractivity (Wildman–Crippen MR) is 85.7 cm³/mol. The number of carbonyl (C=O) groups is 2. The highest BCUT2D eigenvalue weighted by Crippen LogP contribution is 2.29. The van der Waals surface area contributed by atoms with Gasteiger partial charge in [0.05, 0.1) is 19.8 Å². The molecule has 0 spiro atoms. The maximum absolute atomic E-state index is 12.7. The molecule has 0 radical (unpaired) electrons. The first-order chi connectivity index (χ1) is 10.9. The van der Waals surface area contributed by atoms with Gasteiger partial charge in [-0.3, -0.25) is 4.79 Å². The summed E-state index contributed by atoms with van der Waals surface area (Å²) >= 11 is 0. The molecule has 1 unspecified atom stereocenters. The molecule has 1 amide bonds. The van der Waals surface area contributed by atoms with Crippen LogP contribution in [-0.2, 0) is 9.53 Å². The molecule has 0 saturated heterocycles. The van der Waals surface area contributed by atoms with Crippen molar-refractivity contribution >= 4 is 22.8 Å². The van der Waals surface area contributed by atoms with Crippen LogP contribution in [0.1, 0.15) is 36.4 Å². The zero-order valence-corrected chi connectivity index (χ0v) is 14.0. The van der Waals surface area contributed by atoms with Gasteiger partial charge in [0.1, 0.15) is 22.6 Å². The van der Waals surface area contributed by atoms with Crippen LogP contribution in [-0.4, -0.2) is 31.6 Å². The fraction of sp³-hybridized carbons (Fsp3) is 0.412. The van der Waals surface area contributed by atoms with Crippen LogP contribution < -0.4 is 10.1 Å². The molecule has 2 rings (SSSR count). The smallest absolute Gasteiger partial charge is 0.331 e. The molecule has 6 heteroatoms. The zero-order valence-electron chi connectivity index (χ0n) is 14.0. The van der Waals surface area contributed by atoms with Gasteiger partial charge in [0.25, 0.3) is 5.91 Å². The van der Waals surface area contributed by atoms with Crippen LogP contribution in [0.25, 0.3) is 11.0 Å². The van der Waals surface area contributed by atoms with E-state index < -0.39 is 11.5 Å². The van der Waals surface area contributed by atoms with Gasteiger partial charge in [0, 0.05) is 5.39 Å². The summed E-state index contributed by atoms with van der Waals surface area (Å²) in [6.45, 7) is 5.15. The van der Waals surface area contributed by atoms with Gasteiger partial charge in [-0.2, -0.15) is 0 Å². The van der Waals surface area contributed by atoms with E-state index in [-0.39, 0.29) is 5.91 Å². The lowest BCUT2D eigenvalue weighted by Crippen LogP contribution is -2.52.